The summed E-state index contributed by atoms with van der Waals surface area (Å²) in [7, 11) is 0. The van der Waals surface area contributed by atoms with Crippen molar-refractivity contribution in [1.82, 2.24) is 4.90 Å². The Balaban J connectivity index is 2.17. The predicted molar refractivity (Wildman–Crippen MR) is 66.3 cm³/mol. The standard InChI is InChI=1S/C11H11BrN2OS/c12-10-5-4-9(16-10)11(15)14-6-2-1-3-8(14)7-13/h4-5,8H,1-3,6H2. The number of amides is 1. The zero-order chi connectivity index (χ0) is 11.5. The van der Waals surface area contributed by atoms with Gasteiger partial charge < -0.3 is 4.90 Å². The SMILES string of the molecule is N#CC1CCCCN1C(=O)c1ccc(Br)s1. The zero-order valence-corrected chi connectivity index (χ0v) is 11.1. The van der Waals surface area contributed by atoms with Crippen molar-refractivity contribution in [2.24, 2.45) is 0 Å². The third-order valence-corrected chi connectivity index (χ3v) is 4.31. The molecule has 0 saturated carbocycles. The highest BCUT2D eigenvalue weighted by Crippen LogP contribution is 2.26. The van der Waals surface area contributed by atoms with Gasteiger partial charge in [0.15, 0.2) is 0 Å². The monoisotopic (exact) mass is 298 g/mol. The average molecular weight is 299 g/mol. The summed E-state index contributed by atoms with van der Waals surface area (Å²) >= 11 is 4.76. The summed E-state index contributed by atoms with van der Waals surface area (Å²) in [6, 6.07) is 5.63. The van der Waals surface area contributed by atoms with Gasteiger partial charge >= 0.3 is 0 Å². The Hall–Kier alpha value is -0.860. The molecule has 3 nitrogen and oxygen atoms in total. The lowest BCUT2D eigenvalue weighted by molar-refractivity contribution is 0.0675. The molecule has 0 N–H and O–H groups in total. The first-order chi connectivity index (χ1) is 7.72. The van der Waals surface area contributed by atoms with Gasteiger partial charge in [0.05, 0.1) is 14.7 Å². The van der Waals surface area contributed by atoms with Gasteiger partial charge in [-0.3, -0.25) is 4.79 Å². The molecule has 0 bridgehead atoms. The Morgan fingerprint density at radius 2 is 2.38 bits per heavy atom. The van der Waals surface area contributed by atoms with E-state index in [4.69, 9.17) is 5.26 Å². The summed E-state index contributed by atoms with van der Waals surface area (Å²) in [6.07, 6.45) is 2.83. The van der Waals surface area contributed by atoms with Gasteiger partial charge in [-0.25, -0.2) is 0 Å². The number of hydrogen-bond donors (Lipinski definition) is 0. The molecule has 5 heteroatoms. The molecule has 0 spiro atoms. The van der Waals surface area contributed by atoms with Gasteiger partial charge in [0.25, 0.3) is 5.91 Å². The first kappa shape index (κ1) is 11.6. The molecule has 16 heavy (non-hydrogen) atoms. The highest BCUT2D eigenvalue weighted by atomic mass is 79.9. The largest absolute Gasteiger partial charge is 0.322 e. The van der Waals surface area contributed by atoms with Gasteiger partial charge in [0.2, 0.25) is 0 Å². The van der Waals surface area contributed by atoms with Crippen molar-refractivity contribution in [1.29, 1.82) is 5.26 Å². The van der Waals surface area contributed by atoms with Crippen LogP contribution in [0.4, 0.5) is 0 Å². The third kappa shape index (κ3) is 2.28. The van der Waals surface area contributed by atoms with Crippen LogP contribution in [-0.4, -0.2) is 23.4 Å². The predicted octanol–water partition coefficient (Wildman–Crippen LogP) is 3.03. The first-order valence-corrected chi connectivity index (χ1v) is 6.79. The van der Waals surface area contributed by atoms with E-state index in [1.165, 1.54) is 11.3 Å². The van der Waals surface area contributed by atoms with Gasteiger partial charge in [-0.15, -0.1) is 11.3 Å². The van der Waals surface area contributed by atoms with Crippen LogP contribution in [0.3, 0.4) is 0 Å². The van der Waals surface area contributed by atoms with Crippen LogP contribution < -0.4 is 0 Å². The van der Waals surface area contributed by atoms with E-state index in [2.05, 4.69) is 22.0 Å². The zero-order valence-electron chi connectivity index (χ0n) is 8.65. The Morgan fingerprint density at radius 1 is 1.56 bits per heavy atom. The fraction of sp³-hybridized carbons (Fsp3) is 0.455. The van der Waals surface area contributed by atoms with E-state index in [0.29, 0.717) is 11.4 Å². The molecule has 84 valence electrons. The number of nitriles is 1. The minimum absolute atomic E-state index is 0.0121. The van der Waals surface area contributed by atoms with Crippen LogP contribution in [0.25, 0.3) is 0 Å². The maximum Gasteiger partial charge on any atom is 0.265 e. The number of hydrogen-bond acceptors (Lipinski definition) is 3. The summed E-state index contributed by atoms with van der Waals surface area (Å²) < 4.78 is 0.946. The van der Waals surface area contributed by atoms with Crippen LogP contribution in [0.5, 0.6) is 0 Å². The number of carbonyl (C=O) groups excluding carboxylic acids is 1. The summed E-state index contributed by atoms with van der Waals surface area (Å²) in [5.74, 6) is -0.0121. The Morgan fingerprint density at radius 3 is 3.00 bits per heavy atom. The molecule has 1 saturated heterocycles. The number of piperidine rings is 1. The summed E-state index contributed by atoms with van der Waals surface area (Å²) in [4.78, 5) is 14.5. The van der Waals surface area contributed by atoms with Crippen molar-refractivity contribution in [2.75, 3.05) is 6.54 Å². The third-order valence-electron chi connectivity index (χ3n) is 2.70. The fourth-order valence-corrected chi connectivity index (χ4v) is 3.22. The van der Waals surface area contributed by atoms with Crippen LogP contribution in [0.15, 0.2) is 15.9 Å². The van der Waals surface area contributed by atoms with Crippen LogP contribution >= 0.6 is 27.3 Å². The van der Waals surface area contributed by atoms with Crippen molar-refractivity contribution < 1.29 is 4.79 Å². The lowest BCUT2D eigenvalue weighted by atomic mass is 10.0. The smallest absolute Gasteiger partial charge is 0.265 e. The summed E-state index contributed by atoms with van der Waals surface area (Å²) in [5.41, 5.74) is 0. The second kappa shape index (κ2) is 4.98. The second-order valence-corrected chi connectivity index (χ2v) is 6.21. The lowest BCUT2D eigenvalue weighted by Gasteiger charge is -2.30. The van der Waals surface area contributed by atoms with E-state index in [1.807, 2.05) is 6.07 Å². The van der Waals surface area contributed by atoms with Crippen LogP contribution in [-0.2, 0) is 0 Å². The Bertz CT molecular complexity index is 437. The molecule has 0 aromatic carbocycles. The van der Waals surface area contributed by atoms with Crippen LogP contribution in [0.2, 0.25) is 0 Å². The van der Waals surface area contributed by atoms with E-state index in [-0.39, 0.29) is 11.9 Å². The van der Waals surface area contributed by atoms with Crippen LogP contribution in [0.1, 0.15) is 28.9 Å². The number of halogens is 1. The van der Waals surface area contributed by atoms with Gasteiger partial charge in [-0.05, 0) is 47.3 Å². The maximum absolute atomic E-state index is 12.1. The minimum atomic E-state index is -0.248. The fourth-order valence-electron chi connectivity index (χ4n) is 1.88. The highest BCUT2D eigenvalue weighted by molar-refractivity contribution is 9.11. The highest BCUT2D eigenvalue weighted by Gasteiger charge is 2.27. The van der Waals surface area contributed by atoms with Gasteiger partial charge in [0, 0.05) is 6.54 Å². The summed E-state index contributed by atoms with van der Waals surface area (Å²) in [5, 5.41) is 9.01. The van der Waals surface area contributed by atoms with Gasteiger partial charge in [-0.2, -0.15) is 5.26 Å². The van der Waals surface area contributed by atoms with Crippen molar-refractivity contribution in [3.8, 4) is 6.07 Å². The molecule has 1 fully saturated rings. The number of carbonyl (C=O) groups is 1. The van der Waals surface area contributed by atoms with Crippen molar-refractivity contribution in [3.63, 3.8) is 0 Å². The molecular formula is C11H11BrN2OS. The molecule has 1 aliphatic heterocycles. The molecule has 2 rings (SSSR count). The number of likely N-dealkylation sites (tertiary alicyclic amines) is 1. The van der Waals surface area contributed by atoms with Crippen molar-refractivity contribution in [2.45, 2.75) is 25.3 Å². The number of rotatable bonds is 1. The Labute approximate surface area is 107 Å². The van der Waals surface area contributed by atoms with E-state index in [0.717, 1.165) is 23.0 Å². The summed E-state index contributed by atoms with van der Waals surface area (Å²) in [6.45, 7) is 0.701. The maximum atomic E-state index is 12.1. The molecule has 1 unspecified atom stereocenters. The normalized spacial score (nSPS) is 20.5. The molecule has 2 heterocycles. The quantitative estimate of drug-likeness (QED) is 0.800. The molecule has 1 atom stereocenters. The van der Waals surface area contributed by atoms with Crippen molar-refractivity contribution in [3.05, 3.63) is 20.8 Å². The molecule has 1 aromatic rings. The van der Waals surface area contributed by atoms with E-state index < -0.39 is 0 Å². The molecule has 1 aromatic heterocycles. The van der Waals surface area contributed by atoms with Gasteiger partial charge in [-0.1, -0.05) is 0 Å². The van der Waals surface area contributed by atoms with Gasteiger partial charge in [0.1, 0.15) is 6.04 Å². The van der Waals surface area contributed by atoms with Crippen molar-refractivity contribution >= 4 is 33.2 Å². The number of thiophene rings is 1. The minimum Gasteiger partial charge on any atom is -0.322 e. The topological polar surface area (TPSA) is 44.1 Å². The molecule has 0 radical (unpaired) electrons. The second-order valence-electron chi connectivity index (χ2n) is 3.74. The molecule has 0 aliphatic carbocycles. The molecule has 1 amide bonds. The van der Waals surface area contributed by atoms with E-state index in [9.17, 15) is 4.79 Å². The van der Waals surface area contributed by atoms with E-state index >= 15 is 0 Å². The molecule has 1 aliphatic rings. The first-order valence-electron chi connectivity index (χ1n) is 5.18. The van der Waals surface area contributed by atoms with Crippen LogP contribution in [0, 0.1) is 11.3 Å². The molecular weight excluding hydrogens is 288 g/mol. The lowest BCUT2D eigenvalue weighted by Crippen LogP contribution is -2.42. The Kier molecular flexibility index (Phi) is 3.62. The number of nitrogens with zero attached hydrogens (tertiary/aromatic N) is 2. The average Bonchev–Trinajstić information content (AvgIpc) is 2.75. The van der Waals surface area contributed by atoms with E-state index in [1.54, 1.807) is 11.0 Å².